The molecule has 0 spiro atoms. The van der Waals surface area contributed by atoms with Crippen LogP contribution in [0.15, 0.2) is 71.1 Å². The van der Waals surface area contributed by atoms with Gasteiger partial charge in [0.2, 0.25) is 0 Å². The number of rotatable bonds is 6. The number of nitrogens with one attached hydrogen (secondary N) is 2. The number of carbonyl (C=O) groups excluding carboxylic acids is 1. The van der Waals surface area contributed by atoms with Crippen molar-refractivity contribution in [1.82, 2.24) is 4.98 Å². The number of hydrogen-bond donors (Lipinski definition) is 2. The molecule has 0 aliphatic heterocycles. The molecule has 7 heteroatoms. The van der Waals surface area contributed by atoms with E-state index in [1.165, 1.54) is 11.3 Å². The molecular formula is C26H26N4O2S. The van der Waals surface area contributed by atoms with Gasteiger partial charge in [-0.25, -0.2) is 0 Å². The summed E-state index contributed by atoms with van der Waals surface area (Å²) < 4.78 is 5.44. The summed E-state index contributed by atoms with van der Waals surface area (Å²) in [5.41, 5.74) is 6.29. The minimum Gasteiger partial charge on any atom is -0.429 e. The molecule has 6 nitrogen and oxygen atoms in total. The molecule has 168 valence electrons. The van der Waals surface area contributed by atoms with Crippen molar-refractivity contribution in [3.8, 4) is 0 Å². The van der Waals surface area contributed by atoms with Crippen molar-refractivity contribution in [2.45, 2.75) is 18.4 Å². The van der Waals surface area contributed by atoms with Gasteiger partial charge in [0.25, 0.3) is 10.7 Å². The fourth-order valence-corrected chi connectivity index (χ4v) is 4.47. The van der Waals surface area contributed by atoms with Crippen LogP contribution in [0.5, 0.6) is 0 Å². The van der Waals surface area contributed by atoms with Gasteiger partial charge < -0.3 is 24.5 Å². The van der Waals surface area contributed by atoms with Crippen molar-refractivity contribution in [2.24, 2.45) is 0 Å². The highest BCUT2D eigenvalue weighted by Gasteiger charge is 2.41. The van der Waals surface area contributed by atoms with E-state index < -0.39 is 0 Å². The van der Waals surface area contributed by atoms with E-state index in [-0.39, 0.29) is 5.91 Å². The number of nitrogens with zero attached hydrogens (tertiary/aromatic N) is 2. The first-order chi connectivity index (χ1) is 15.9. The van der Waals surface area contributed by atoms with Crippen LogP contribution in [0.3, 0.4) is 0 Å². The summed E-state index contributed by atoms with van der Waals surface area (Å²) in [7, 11) is 6.20. The van der Waals surface area contributed by atoms with Crippen LogP contribution in [-0.4, -0.2) is 38.1 Å². The van der Waals surface area contributed by atoms with Crippen LogP contribution in [0, 0.1) is 4.84 Å². The number of anilines is 3. The molecule has 2 atom stereocenters. The lowest BCUT2D eigenvalue weighted by atomic mass is 10.1. The number of amides is 1. The summed E-state index contributed by atoms with van der Waals surface area (Å²) in [5.74, 6) is 0.347. The lowest BCUT2D eigenvalue weighted by Crippen LogP contribution is -2.22. The highest BCUT2D eigenvalue weighted by Crippen LogP contribution is 2.46. The largest absolute Gasteiger partial charge is 0.429 e. The molecule has 1 saturated carbocycles. The monoisotopic (exact) mass is 458 g/mol. The summed E-state index contributed by atoms with van der Waals surface area (Å²) in [4.78, 5) is 20.6. The average Bonchev–Trinajstić information content (AvgIpc) is 3.53. The lowest BCUT2D eigenvalue weighted by molar-refractivity contribution is 0.102. The molecule has 0 radical (unpaired) electrons. The molecule has 1 aliphatic rings. The maximum atomic E-state index is 12.9. The summed E-state index contributed by atoms with van der Waals surface area (Å²) in [5, 5.41) is 2.95. The SMILES string of the molecule is CN(C)c1ccc(C2CC2N(C)c2cccc(C(=O)Nc3ccc4[nH]c(=S)oc4c3)c2)cc1. The zero-order valence-corrected chi connectivity index (χ0v) is 19.6. The average molecular weight is 459 g/mol. The maximum Gasteiger partial charge on any atom is 0.266 e. The van der Waals surface area contributed by atoms with Gasteiger partial charge in [-0.15, -0.1) is 0 Å². The second-order valence-electron chi connectivity index (χ2n) is 8.74. The van der Waals surface area contributed by atoms with Gasteiger partial charge in [0.1, 0.15) is 0 Å². The third kappa shape index (κ3) is 4.36. The molecule has 1 amide bonds. The van der Waals surface area contributed by atoms with Gasteiger partial charge in [0, 0.05) is 61.8 Å². The third-order valence-electron chi connectivity index (χ3n) is 6.29. The quantitative estimate of drug-likeness (QED) is 0.358. The fraction of sp³-hybridized carbons (Fsp3) is 0.231. The Labute approximate surface area is 197 Å². The Bertz CT molecular complexity index is 1370. The summed E-state index contributed by atoms with van der Waals surface area (Å²) in [6.45, 7) is 0. The number of carbonyl (C=O) groups is 1. The van der Waals surface area contributed by atoms with Crippen LogP contribution in [0.2, 0.25) is 0 Å². The van der Waals surface area contributed by atoms with E-state index in [1.54, 1.807) is 6.07 Å². The molecule has 0 saturated heterocycles. The number of hydrogen-bond acceptors (Lipinski definition) is 5. The Kier molecular flexibility index (Phi) is 5.42. The van der Waals surface area contributed by atoms with Crippen molar-refractivity contribution in [2.75, 3.05) is 36.3 Å². The number of likely N-dealkylation sites (N-methyl/N-ethyl adjacent to an activating group) is 1. The Hall–Kier alpha value is -3.58. The second-order valence-corrected chi connectivity index (χ2v) is 9.11. The van der Waals surface area contributed by atoms with Gasteiger partial charge >= 0.3 is 0 Å². The first-order valence-electron chi connectivity index (χ1n) is 10.9. The normalized spacial score (nSPS) is 17.1. The van der Waals surface area contributed by atoms with Crippen LogP contribution < -0.4 is 15.1 Å². The topological polar surface area (TPSA) is 64.5 Å². The van der Waals surface area contributed by atoms with Crippen molar-refractivity contribution in [1.29, 1.82) is 0 Å². The number of aromatic nitrogens is 1. The molecule has 1 aromatic heterocycles. The summed E-state index contributed by atoms with van der Waals surface area (Å²) in [6, 6.07) is 22.4. The Morgan fingerprint density at radius 1 is 1.03 bits per heavy atom. The van der Waals surface area contributed by atoms with Crippen LogP contribution >= 0.6 is 12.2 Å². The van der Waals surface area contributed by atoms with E-state index in [1.807, 2.05) is 30.3 Å². The smallest absolute Gasteiger partial charge is 0.266 e. The number of benzene rings is 3. The highest BCUT2D eigenvalue weighted by atomic mass is 32.1. The molecule has 4 aromatic rings. The molecule has 0 bridgehead atoms. The van der Waals surface area contributed by atoms with Gasteiger partial charge in [-0.3, -0.25) is 4.79 Å². The predicted octanol–water partition coefficient (Wildman–Crippen LogP) is 5.80. The van der Waals surface area contributed by atoms with E-state index in [9.17, 15) is 4.79 Å². The van der Waals surface area contributed by atoms with E-state index in [2.05, 4.69) is 71.6 Å². The lowest BCUT2D eigenvalue weighted by Gasteiger charge is -2.21. The Morgan fingerprint density at radius 3 is 2.58 bits per heavy atom. The van der Waals surface area contributed by atoms with Gasteiger partial charge in [0.05, 0.1) is 5.52 Å². The number of oxazole rings is 1. The molecule has 1 heterocycles. The highest BCUT2D eigenvalue weighted by molar-refractivity contribution is 7.71. The zero-order chi connectivity index (χ0) is 23.1. The molecule has 5 rings (SSSR count). The standard InChI is InChI=1S/C26H26N4O2S/c1-29(2)19-10-7-16(8-11-19)21-15-23(21)30(3)20-6-4-5-17(13-20)25(31)27-18-9-12-22-24(14-18)32-26(33)28-22/h4-14,21,23H,15H2,1-3H3,(H,27,31)(H,28,33). The second kappa shape index (κ2) is 8.41. The molecule has 33 heavy (non-hydrogen) atoms. The van der Waals surface area contributed by atoms with E-state index in [0.29, 0.717) is 33.6 Å². The molecule has 1 fully saturated rings. The third-order valence-corrected chi connectivity index (χ3v) is 6.47. The van der Waals surface area contributed by atoms with Gasteiger partial charge in [-0.2, -0.15) is 0 Å². The number of aromatic amines is 1. The van der Waals surface area contributed by atoms with Crippen LogP contribution in [0.4, 0.5) is 17.1 Å². The van der Waals surface area contributed by atoms with E-state index in [0.717, 1.165) is 17.6 Å². The van der Waals surface area contributed by atoms with Crippen LogP contribution in [0.25, 0.3) is 11.1 Å². The predicted molar refractivity (Wildman–Crippen MR) is 136 cm³/mol. The van der Waals surface area contributed by atoms with E-state index >= 15 is 0 Å². The molecule has 3 aromatic carbocycles. The maximum absolute atomic E-state index is 12.9. The van der Waals surface area contributed by atoms with Crippen molar-refractivity contribution >= 4 is 46.3 Å². The fourth-order valence-electron chi connectivity index (χ4n) is 4.27. The summed E-state index contributed by atoms with van der Waals surface area (Å²) >= 11 is 5.02. The molecular weight excluding hydrogens is 432 g/mol. The van der Waals surface area contributed by atoms with Crippen LogP contribution in [0.1, 0.15) is 28.3 Å². The van der Waals surface area contributed by atoms with Crippen LogP contribution in [-0.2, 0) is 0 Å². The van der Waals surface area contributed by atoms with Gasteiger partial charge in [-0.05, 0) is 66.7 Å². The minimum atomic E-state index is -0.162. The van der Waals surface area contributed by atoms with E-state index in [4.69, 9.17) is 16.6 Å². The minimum absolute atomic E-state index is 0.162. The van der Waals surface area contributed by atoms with Gasteiger partial charge in [-0.1, -0.05) is 18.2 Å². The van der Waals surface area contributed by atoms with Crippen molar-refractivity contribution in [3.63, 3.8) is 0 Å². The van der Waals surface area contributed by atoms with Gasteiger partial charge in [0.15, 0.2) is 5.58 Å². The number of H-pyrrole nitrogens is 1. The van der Waals surface area contributed by atoms with Crippen molar-refractivity contribution < 1.29 is 9.21 Å². The first kappa shape index (κ1) is 21.3. The zero-order valence-electron chi connectivity index (χ0n) is 18.8. The molecule has 2 N–H and O–H groups in total. The molecule has 2 unspecified atom stereocenters. The Balaban J connectivity index is 1.28. The van der Waals surface area contributed by atoms with Crippen molar-refractivity contribution in [3.05, 3.63) is 82.7 Å². The first-order valence-corrected chi connectivity index (χ1v) is 11.3. The molecule has 1 aliphatic carbocycles. The summed E-state index contributed by atoms with van der Waals surface area (Å²) in [6.07, 6.45) is 1.11. The number of fused-ring (bicyclic) bond motifs is 1. The Morgan fingerprint density at radius 2 is 1.82 bits per heavy atom.